The second-order valence-electron chi connectivity index (χ2n) is 11.9. The molecule has 0 radical (unpaired) electrons. The van der Waals surface area contributed by atoms with E-state index in [1.165, 1.54) is 32.6 Å². The van der Waals surface area contributed by atoms with Crippen LogP contribution in [-0.4, -0.2) is 10.3 Å². The third-order valence-corrected chi connectivity index (χ3v) is 13.3. The van der Waals surface area contributed by atoms with Crippen LogP contribution in [0.3, 0.4) is 0 Å². The number of rotatable bonds is 6. The summed E-state index contributed by atoms with van der Waals surface area (Å²) in [5, 5.41) is 4.86. The third-order valence-electron chi connectivity index (χ3n) is 6.87. The summed E-state index contributed by atoms with van der Waals surface area (Å²) in [5.41, 5.74) is 4.30. The van der Waals surface area contributed by atoms with Gasteiger partial charge in [0.2, 0.25) is 0 Å². The molecular formula is C37H42FeP2-6. The maximum absolute atomic E-state index is 2.42. The van der Waals surface area contributed by atoms with Crippen LogP contribution in [0.5, 0.6) is 0 Å². The van der Waals surface area contributed by atoms with Crippen LogP contribution in [-0.2, 0) is 23.2 Å². The standard InChI is InChI=1S/C32H37P2.C5H5.Fe/c1-31(2,3)33(32(4,5)6)24-25-16-15-22-28(25)29-21-13-14-23-30(29)34(26-17-9-7-10-18-26)27-19-11-8-12-20-27;1-2-4-5-3-1;/h7-23H,24H2,1-6H3;1-5H;/q-1;-5;. The molecule has 0 nitrogen and oxygen atoms in total. The average molecular weight is 605 g/mol. The van der Waals surface area contributed by atoms with Crippen molar-refractivity contribution >= 4 is 31.8 Å². The minimum atomic E-state index is -0.644. The van der Waals surface area contributed by atoms with Crippen molar-refractivity contribution in [1.82, 2.24) is 0 Å². The summed E-state index contributed by atoms with van der Waals surface area (Å²) in [6.07, 6.45) is 1.16. The second-order valence-corrected chi connectivity index (χ2v) is 17.9. The van der Waals surface area contributed by atoms with Gasteiger partial charge in [-0.1, -0.05) is 132 Å². The van der Waals surface area contributed by atoms with Crippen molar-refractivity contribution in [3.05, 3.63) is 139 Å². The first-order chi connectivity index (χ1) is 18.7. The van der Waals surface area contributed by atoms with E-state index in [4.69, 9.17) is 0 Å². The summed E-state index contributed by atoms with van der Waals surface area (Å²) in [6.45, 7) is 14.5. The minimum Gasteiger partial charge on any atom is -0.748 e. The van der Waals surface area contributed by atoms with E-state index in [1.807, 2.05) is 30.3 Å². The van der Waals surface area contributed by atoms with Crippen LogP contribution in [0.4, 0.5) is 0 Å². The van der Waals surface area contributed by atoms with Crippen molar-refractivity contribution in [2.24, 2.45) is 0 Å². The van der Waals surface area contributed by atoms with Gasteiger partial charge in [0.05, 0.1) is 0 Å². The summed E-state index contributed by atoms with van der Waals surface area (Å²) in [4.78, 5) is 0. The Morgan fingerprint density at radius 2 is 1.02 bits per heavy atom. The normalized spacial score (nSPS) is 11.6. The summed E-state index contributed by atoms with van der Waals surface area (Å²) in [7, 11) is -0.851. The van der Waals surface area contributed by atoms with E-state index in [0.717, 1.165) is 6.16 Å². The van der Waals surface area contributed by atoms with Gasteiger partial charge in [-0.2, -0.15) is 18.2 Å². The Morgan fingerprint density at radius 1 is 0.575 bits per heavy atom. The van der Waals surface area contributed by atoms with E-state index in [-0.39, 0.29) is 25.0 Å². The topological polar surface area (TPSA) is 0 Å². The SMILES string of the molecule is CC(C)(C)P(C[c-]1cccc1-c1ccccc1P(c1ccccc1)c1ccccc1)C(C)(C)C.[Fe].[cH-]1[cH-][cH-][cH-][cH-]1. The molecule has 5 aromatic rings. The van der Waals surface area contributed by atoms with Gasteiger partial charge in [0, 0.05) is 17.1 Å². The van der Waals surface area contributed by atoms with Gasteiger partial charge in [-0.15, -0.1) is 19.0 Å². The molecular weight excluding hydrogens is 562 g/mol. The van der Waals surface area contributed by atoms with Gasteiger partial charge in [-0.25, -0.2) is 0 Å². The molecule has 0 saturated carbocycles. The number of hydrogen-bond acceptors (Lipinski definition) is 0. The number of benzene rings is 3. The van der Waals surface area contributed by atoms with Crippen LogP contribution in [0.2, 0.25) is 0 Å². The zero-order valence-electron chi connectivity index (χ0n) is 24.7. The van der Waals surface area contributed by atoms with Crippen molar-refractivity contribution in [3.8, 4) is 11.1 Å². The Bertz CT molecular complexity index is 1320. The molecule has 0 aliphatic carbocycles. The molecule has 5 aromatic carbocycles. The first-order valence-electron chi connectivity index (χ1n) is 13.8. The maximum Gasteiger partial charge on any atom is 0 e. The van der Waals surface area contributed by atoms with Crippen LogP contribution in [0.1, 0.15) is 47.1 Å². The molecule has 0 amide bonds. The minimum absolute atomic E-state index is 0. The number of hydrogen-bond donors (Lipinski definition) is 0. The maximum atomic E-state index is 2.42. The van der Waals surface area contributed by atoms with E-state index in [1.54, 1.807) is 0 Å². The largest absolute Gasteiger partial charge is 0.748 e. The molecule has 0 heterocycles. The second kappa shape index (κ2) is 14.6. The van der Waals surface area contributed by atoms with E-state index in [2.05, 4.69) is 145 Å². The molecule has 0 N–H and O–H groups in total. The van der Waals surface area contributed by atoms with Crippen LogP contribution >= 0.6 is 15.8 Å². The Balaban J connectivity index is 0.000000662. The van der Waals surface area contributed by atoms with E-state index < -0.39 is 7.92 Å². The fourth-order valence-electron chi connectivity index (χ4n) is 5.31. The van der Waals surface area contributed by atoms with Crippen molar-refractivity contribution < 1.29 is 17.1 Å². The average Bonchev–Trinajstić information content (AvgIpc) is 3.63. The van der Waals surface area contributed by atoms with Crippen molar-refractivity contribution in [1.29, 1.82) is 0 Å². The van der Waals surface area contributed by atoms with Crippen LogP contribution in [0.15, 0.2) is 133 Å². The van der Waals surface area contributed by atoms with Gasteiger partial charge in [0.15, 0.2) is 0 Å². The Morgan fingerprint density at radius 3 is 1.50 bits per heavy atom. The first kappa shape index (κ1) is 32.3. The van der Waals surface area contributed by atoms with E-state index in [0.29, 0.717) is 10.3 Å². The van der Waals surface area contributed by atoms with Crippen LogP contribution in [0, 0.1) is 0 Å². The van der Waals surface area contributed by atoms with Crippen molar-refractivity contribution in [2.45, 2.75) is 58.0 Å². The summed E-state index contributed by atoms with van der Waals surface area (Å²) < 4.78 is 0. The van der Waals surface area contributed by atoms with Gasteiger partial charge in [0.1, 0.15) is 0 Å². The molecule has 0 aromatic heterocycles. The zero-order valence-corrected chi connectivity index (χ0v) is 27.5. The van der Waals surface area contributed by atoms with Crippen molar-refractivity contribution in [3.63, 3.8) is 0 Å². The predicted octanol–water partition coefficient (Wildman–Crippen LogP) is 9.81. The van der Waals surface area contributed by atoms with Crippen LogP contribution in [0.25, 0.3) is 11.1 Å². The Labute approximate surface area is 256 Å². The van der Waals surface area contributed by atoms with Crippen LogP contribution < -0.4 is 15.9 Å². The molecule has 5 rings (SSSR count). The molecule has 0 aliphatic rings. The zero-order chi connectivity index (χ0) is 27.9. The monoisotopic (exact) mass is 604 g/mol. The molecule has 214 valence electrons. The fourth-order valence-corrected chi connectivity index (χ4v) is 11.4. The quantitative estimate of drug-likeness (QED) is 0.103. The third kappa shape index (κ3) is 8.38. The molecule has 0 bridgehead atoms. The van der Waals surface area contributed by atoms with Gasteiger partial charge in [-0.05, 0) is 40.3 Å². The molecule has 0 saturated heterocycles. The molecule has 0 unspecified atom stereocenters. The Kier molecular flexibility index (Phi) is 11.8. The first-order valence-corrected chi connectivity index (χ1v) is 16.7. The smallest absolute Gasteiger partial charge is 0 e. The van der Waals surface area contributed by atoms with Crippen molar-refractivity contribution in [2.75, 3.05) is 0 Å². The Hall–Kier alpha value is -2.26. The summed E-state index contributed by atoms with van der Waals surface area (Å²) in [5.74, 6) is 0. The van der Waals surface area contributed by atoms with Gasteiger partial charge >= 0.3 is 0 Å². The molecule has 0 aliphatic heterocycles. The molecule has 0 spiro atoms. The fraction of sp³-hybridized carbons (Fsp3) is 0.243. The summed E-state index contributed by atoms with van der Waals surface area (Å²) >= 11 is 0. The van der Waals surface area contributed by atoms with E-state index >= 15 is 0 Å². The van der Waals surface area contributed by atoms with Gasteiger partial charge in [0.25, 0.3) is 0 Å². The predicted molar refractivity (Wildman–Crippen MR) is 178 cm³/mol. The molecule has 0 atom stereocenters. The van der Waals surface area contributed by atoms with Gasteiger partial charge in [-0.3, -0.25) is 0 Å². The van der Waals surface area contributed by atoms with E-state index in [9.17, 15) is 0 Å². The van der Waals surface area contributed by atoms with Gasteiger partial charge < -0.3 is 30.3 Å². The molecule has 40 heavy (non-hydrogen) atoms. The molecule has 0 fully saturated rings. The summed E-state index contributed by atoms with van der Waals surface area (Å²) in [6, 6.07) is 48.2. The molecule has 3 heteroatoms.